The van der Waals surface area contributed by atoms with Crippen LogP contribution in [0.5, 0.6) is 0 Å². The third-order valence-corrected chi connectivity index (χ3v) is 2.62. The van der Waals surface area contributed by atoms with E-state index in [4.69, 9.17) is 5.11 Å². The van der Waals surface area contributed by atoms with Crippen LogP contribution < -0.4 is 10.6 Å². The lowest BCUT2D eigenvalue weighted by Gasteiger charge is -2.06. The van der Waals surface area contributed by atoms with Gasteiger partial charge in [-0.1, -0.05) is 24.6 Å². The van der Waals surface area contributed by atoms with Gasteiger partial charge in [0.2, 0.25) is 0 Å². The molecule has 1 aromatic carbocycles. The zero-order valence-electron chi connectivity index (χ0n) is 11.1. The summed E-state index contributed by atoms with van der Waals surface area (Å²) in [5.41, 5.74) is 0.420. The van der Waals surface area contributed by atoms with E-state index in [0.29, 0.717) is 24.9 Å². The van der Waals surface area contributed by atoms with Crippen molar-refractivity contribution in [2.45, 2.75) is 25.7 Å². The minimum Gasteiger partial charge on any atom is -0.481 e. The molecule has 0 bridgehead atoms. The molecule has 6 heteroatoms. The van der Waals surface area contributed by atoms with Gasteiger partial charge in [-0.25, -0.2) is 4.79 Å². The summed E-state index contributed by atoms with van der Waals surface area (Å²) in [5, 5.41) is 13.2. The summed E-state index contributed by atoms with van der Waals surface area (Å²) < 4.78 is 0. The molecule has 0 aliphatic heterocycles. The van der Waals surface area contributed by atoms with Crippen LogP contribution in [-0.4, -0.2) is 29.6 Å². The van der Waals surface area contributed by atoms with Crippen LogP contribution in [0.15, 0.2) is 30.3 Å². The first-order chi connectivity index (χ1) is 9.59. The first-order valence-electron chi connectivity index (χ1n) is 6.45. The molecule has 0 aliphatic carbocycles. The number of rotatable bonds is 7. The van der Waals surface area contributed by atoms with Gasteiger partial charge in [0, 0.05) is 18.5 Å². The Kier molecular flexibility index (Phi) is 6.81. The highest BCUT2D eigenvalue weighted by Gasteiger charge is 2.08. The zero-order chi connectivity index (χ0) is 14.8. The first kappa shape index (κ1) is 15.7. The maximum atomic E-state index is 11.6. The molecular weight excluding hydrogens is 260 g/mol. The maximum absolute atomic E-state index is 11.6. The van der Waals surface area contributed by atoms with Gasteiger partial charge in [-0.05, 0) is 25.0 Å². The number of carbonyl (C=O) groups excluding carboxylic acids is 2. The molecule has 0 atom stereocenters. The molecule has 6 nitrogen and oxygen atoms in total. The lowest BCUT2D eigenvalue weighted by atomic mass is 10.2. The number of aliphatic carboxylic acids is 1. The second kappa shape index (κ2) is 8.68. The van der Waals surface area contributed by atoms with E-state index in [-0.39, 0.29) is 6.42 Å². The van der Waals surface area contributed by atoms with Gasteiger partial charge in [0.1, 0.15) is 0 Å². The van der Waals surface area contributed by atoms with E-state index in [1.54, 1.807) is 30.3 Å². The van der Waals surface area contributed by atoms with E-state index in [9.17, 15) is 14.4 Å². The molecule has 0 saturated heterocycles. The predicted molar refractivity (Wildman–Crippen MR) is 73.4 cm³/mol. The summed E-state index contributed by atoms with van der Waals surface area (Å²) in [4.78, 5) is 33.3. The summed E-state index contributed by atoms with van der Waals surface area (Å²) in [6, 6.07) is 7.92. The molecule has 0 unspecified atom stereocenters. The molecular formula is C14H18N2O4. The van der Waals surface area contributed by atoms with Crippen molar-refractivity contribution in [3.8, 4) is 0 Å². The number of imide groups is 1. The van der Waals surface area contributed by atoms with Crippen molar-refractivity contribution in [3.05, 3.63) is 35.9 Å². The van der Waals surface area contributed by atoms with Crippen LogP contribution in [0.3, 0.4) is 0 Å². The zero-order valence-corrected chi connectivity index (χ0v) is 11.1. The number of nitrogens with one attached hydrogen (secondary N) is 2. The van der Waals surface area contributed by atoms with Crippen molar-refractivity contribution in [1.29, 1.82) is 0 Å². The number of urea groups is 1. The Morgan fingerprint density at radius 1 is 1.00 bits per heavy atom. The fraction of sp³-hybridized carbons (Fsp3) is 0.357. The number of carboxylic acids is 1. The molecule has 0 fully saturated rings. The number of carboxylic acid groups (broad SMARTS) is 1. The average molecular weight is 278 g/mol. The smallest absolute Gasteiger partial charge is 0.321 e. The van der Waals surface area contributed by atoms with Crippen LogP contribution in [0.25, 0.3) is 0 Å². The van der Waals surface area contributed by atoms with Gasteiger partial charge in [-0.2, -0.15) is 0 Å². The minimum atomic E-state index is -0.816. The number of hydrogen-bond acceptors (Lipinski definition) is 3. The number of unbranched alkanes of at least 4 members (excludes halogenated alkanes) is 2. The SMILES string of the molecule is O=C(O)CCCCCNC(=O)NC(=O)c1ccccc1. The van der Waals surface area contributed by atoms with E-state index in [2.05, 4.69) is 10.6 Å². The molecule has 1 rings (SSSR count). The van der Waals surface area contributed by atoms with E-state index in [0.717, 1.165) is 6.42 Å². The second-order valence-electron chi connectivity index (χ2n) is 4.28. The second-order valence-corrected chi connectivity index (χ2v) is 4.28. The highest BCUT2D eigenvalue weighted by molar-refractivity contribution is 6.04. The fourth-order valence-corrected chi connectivity index (χ4v) is 1.59. The first-order valence-corrected chi connectivity index (χ1v) is 6.45. The Labute approximate surface area is 117 Å². The Balaban J connectivity index is 2.14. The number of benzene rings is 1. The molecule has 108 valence electrons. The van der Waals surface area contributed by atoms with Crippen LogP contribution in [0.4, 0.5) is 4.79 Å². The van der Waals surface area contributed by atoms with Gasteiger partial charge in [0.05, 0.1) is 0 Å². The van der Waals surface area contributed by atoms with Gasteiger partial charge in [-0.3, -0.25) is 14.9 Å². The highest BCUT2D eigenvalue weighted by Crippen LogP contribution is 1.99. The molecule has 0 aliphatic rings. The number of amides is 3. The summed E-state index contributed by atoms with van der Waals surface area (Å²) >= 11 is 0. The lowest BCUT2D eigenvalue weighted by Crippen LogP contribution is -2.39. The average Bonchev–Trinajstić information content (AvgIpc) is 2.43. The third kappa shape index (κ3) is 6.53. The molecule has 3 N–H and O–H groups in total. The van der Waals surface area contributed by atoms with Crippen LogP contribution in [-0.2, 0) is 4.79 Å². The van der Waals surface area contributed by atoms with Gasteiger partial charge < -0.3 is 10.4 Å². The molecule has 0 spiro atoms. The van der Waals surface area contributed by atoms with E-state index in [1.165, 1.54) is 0 Å². The topological polar surface area (TPSA) is 95.5 Å². The van der Waals surface area contributed by atoms with Crippen molar-refractivity contribution < 1.29 is 19.5 Å². The normalized spacial score (nSPS) is 9.80. The van der Waals surface area contributed by atoms with Crippen LogP contribution in [0.2, 0.25) is 0 Å². The molecule has 0 saturated carbocycles. The van der Waals surface area contributed by atoms with Crippen molar-refractivity contribution in [3.63, 3.8) is 0 Å². The van der Waals surface area contributed by atoms with Crippen LogP contribution >= 0.6 is 0 Å². The molecule has 0 aromatic heterocycles. The van der Waals surface area contributed by atoms with Gasteiger partial charge in [0.25, 0.3) is 5.91 Å². The van der Waals surface area contributed by atoms with Crippen molar-refractivity contribution in [1.82, 2.24) is 10.6 Å². The molecule has 20 heavy (non-hydrogen) atoms. The summed E-state index contributed by atoms with van der Waals surface area (Å²) in [6.45, 7) is 0.410. The molecule has 1 aromatic rings. The Morgan fingerprint density at radius 3 is 2.35 bits per heavy atom. The minimum absolute atomic E-state index is 0.138. The Hall–Kier alpha value is -2.37. The predicted octanol–water partition coefficient (Wildman–Crippen LogP) is 1.77. The quantitative estimate of drug-likeness (QED) is 0.662. The van der Waals surface area contributed by atoms with Crippen molar-refractivity contribution in [2.24, 2.45) is 0 Å². The van der Waals surface area contributed by atoms with Crippen LogP contribution in [0, 0.1) is 0 Å². The fourth-order valence-electron chi connectivity index (χ4n) is 1.59. The van der Waals surface area contributed by atoms with E-state index in [1.807, 2.05) is 0 Å². The Morgan fingerprint density at radius 2 is 1.70 bits per heavy atom. The largest absolute Gasteiger partial charge is 0.481 e. The standard InChI is InChI=1S/C14H18N2O4/c17-12(18)9-5-2-6-10-15-14(20)16-13(19)11-7-3-1-4-8-11/h1,3-4,7-8H,2,5-6,9-10H2,(H,17,18)(H2,15,16,19,20). The number of carbonyl (C=O) groups is 3. The third-order valence-electron chi connectivity index (χ3n) is 2.62. The monoisotopic (exact) mass is 278 g/mol. The highest BCUT2D eigenvalue weighted by atomic mass is 16.4. The molecule has 0 radical (unpaired) electrons. The summed E-state index contributed by atoms with van der Waals surface area (Å²) in [7, 11) is 0. The van der Waals surface area contributed by atoms with E-state index >= 15 is 0 Å². The summed E-state index contributed by atoms with van der Waals surface area (Å²) in [5.74, 6) is -1.27. The van der Waals surface area contributed by atoms with Crippen LogP contribution in [0.1, 0.15) is 36.0 Å². The van der Waals surface area contributed by atoms with Gasteiger partial charge >= 0.3 is 12.0 Å². The van der Waals surface area contributed by atoms with Gasteiger partial charge in [-0.15, -0.1) is 0 Å². The maximum Gasteiger partial charge on any atom is 0.321 e. The number of hydrogen-bond donors (Lipinski definition) is 3. The van der Waals surface area contributed by atoms with Gasteiger partial charge in [0.15, 0.2) is 0 Å². The van der Waals surface area contributed by atoms with Crippen molar-refractivity contribution >= 4 is 17.9 Å². The summed E-state index contributed by atoms with van der Waals surface area (Å²) in [6.07, 6.45) is 2.12. The molecule has 3 amide bonds. The van der Waals surface area contributed by atoms with E-state index < -0.39 is 17.9 Å². The Bertz CT molecular complexity index is 460. The lowest BCUT2D eigenvalue weighted by molar-refractivity contribution is -0.137. The van der Waals surface area contributed by atoms with Crippen molar-refractivity contribution in [2.75, 3.05) is 6.54 Å². The molecule has 0 heterocycles.